The summed E-state index contributed by atoms with van der Waals surface area (Å²) in [6, 6.07) is 14.0. The van der Waals surface area contributed by atoms with Crippen molar-refractivity contribution in [3.05, 3.63) is 53.6 Å². The Labute approximate surface area is 156 Å². The van der Waals surface area contributed by atoms with Crippen molar-refractivity contribution in [1.29, 1.82) is 0 Å². The van der Waals surface area contributed by atoms with Gasteiger partial charge in [0.2, 0.25) is 5.91 Å². The van der Waals surface area contributed by atoms with Gasteiger partial charge in [0.1, 0.15) is 11.5 Å². The third-order valence-electron chi connectivity index (χ3n) is 4.59. The lowest BCUT2D eigenvalue weighted by Crippen LogP contribution is -2.36. The number of carbonyl (C=O) groups excluding carboxylic acids is 1. The van der Waals surface area contributed by atoms with Gasteiger partial charge in [-0.1, -0.05) is 24.4 Å². The number of hydrogen-bond donors (Lipinski definition) is 2. The molecule has 0 spiro atoms. The van der Waals surface area contributed by atoms with Crippen molar-refractivity contribution in [3.63, 3.8) is 0 Å². The maximum Gasteiger partial charge on any atom is 0.307 e. The minimum Gasteiger partial charge on any atom is -0.481 e. The SMILES string of the molecule is O=C(O)[C@H]1CCCC[C@H]1C(=O)Nc1ccc(Oc2ccc(Cl)cc2)cc1. The summed E-state index contributed by atoms with van der Waals surface area (Å²) >= 11 is 5.85. The number of amides is 1. The monoisotopic (exact) mass is 373 g/mol. The smallest absolute Gasteiger partial charge is 0.307 e. The van der Waals surface area contributed by atoms with Crippen molar-refractivity contribution in [2.45, 2.75) is 25.7 Å². The number of halogens is 1. The van der Waals surface area contributed by atoms with Crippen LogP contribution >= 0.6 is 11.6 Å². The number of carbonyl (C=O) groups is 2. The van der Waals surface area contributed by atoms with E-state index in [1.807, 2.05) is 0 Å². The van der Waals surface area contributed by atoms with Gasteiger partial charge in [-0.2, -0.15) is 0 Å². The second-order valence-corrected chi connectivity index (χ2v) is 6.84. The van der Waals surface area contributed by atoms with Gasteiger partial charge in [-0.05, 0) is 61.4 Å². The third kappa shape index (κ3) is 4.55. The molecule has 0 heterocycles. The van der Waals surface area contributed by atoms with E-state index in [1.54, 1.807) is 48.5 Å². The number of hydrogen-bond acceptors (Lipinski definition) is 3. The Hall–Kier alpha value is -2.53. The summed E-state index contributed by atoms with van der Waals surface area (Å²) < 4.78 is 5.71. The molecule has 0 aromatic heterocycles. The molecule has 3 rings (SSSR count). The molecule has 1 fully saturated rings. The normalized spacial score (nSPS) is 19.6. The number of benzene rings is 2. The van der Waals surface area contributed by atoms with E-state index < -0.39 is 17.8 Å². The fraction of sp³-hybridized carbons (Fsp3) is 0.300. The quantitative estimate of drug-likeness (QED) is 0.776. The van der Waals surface area contributed by atoms with Crippen molar-refractivity contribution >= 4 is 29.2 Å². The summed E-state index contributed by atoms with van der Waals surface area (Å²) in [6.45, 7) is 0. The average molecular weight is 374 g/mol. The van der Waals surface area contributed by atoms with Crippen LogP contribution in [-0.4, -0.2) is 17.0 Å². The van der Waals surface area contributed by atoms with E-state index in [9.17, 15) is 14.7 Å². The Morgan fingerprint density at radius 1 is 0.923 bits per heavy atom. The van der Waals surface area contributed by atoms with Crippen LogP contribution in [0.5, 0.6) is 11.5 Å². The molecule has 6 heteroatoms. The van der Waals surface area contributed by atoms with Crippen molar-refractivity contribution in [1.82, 2.24) is 0 Å². The molecule has 0 bridgehead atoms. The molecule has 2 aromatic carbocycles. The van der Waals surface area contributed by atoms with Crippen LogP contribution in [0.25, 0.3) is 0 Å². The molecular formula is C20H20ClNO4. The number of ether oxygens (including phenoxy) is 1. The lowest BCUT2D eigenvalue weighted by molar-refractivity contribution is -0.147. The van der Waals surface area contributed by atoms with E-state index in [4.69, 9.17) is 16.3 Å². The van der Waals surface area contributed by atoms with Gasteiger partial charge in [-0.25, -0.2) is 0 Å². The van der Waals surface area contributed by atoms with Crippen LogP contribution in [0.1, 0.15) is 25.7 Å². The molecule has 1 aliphatic rings. The Kier molecular flexibility index (Phi) is 5.78. The Bertz CT molecular complexity index is 773. The zero-order valence-electron chi connectivity index (χ0n) is 14.2. The van der Waals surface area contributed by atoms with E-state index in [1.165, 1.54) is 0 Å². The Morgan fingerprint density at radius 3 is 2.04 bits per heavy atom. The minimum absolute atomic E-state index is 0.233. The predicted molar refractivity (Wildman–Crippen MR) is 99.7 cm³/mol. The first kappa shape index (κ1) is 18.3. The molecule has 2 aromatic rings. The van der Waals surface area contributed by atoms with E-state index in [-0.39, 0.29) is 5.91 Å². The summed E-state index contributed by atoms with van der Waals surface area (Å²) in [5.74, 6) is -0.911. The number of carboxylic acids is 1. The van der Waals surface area contributed by atoms with Crippen LogP contribution < -0.4 is 10.1 Å². The first-order valence-corrected chi connectivity index (χ1v) is 8.98. The average Bonchev–Trinajstić information content (AvgIpc) is 2.65. The van der Waals surface area contributed by atoms with Gasteiger partial charge in [-0.15, -0.1) is 0 Å². The van der Waals surface area contributed by atoms with Crippen LogP contribution in [-0.2, 0) is 9.59 Å². The molecule has 2 atom stereocenters. The molecule has 2 N–H and O–H groups in total. The Balaban J connectivity index is 1.62. The number of aliphatic carboxylic acids is 1. The topological polar surface area (TPSA) is 75.6 Å². The Morgan fingerprint density at radius 2 is 1.46 bits per heavy atom. The lowest BCUT2D eigenvalue weighted by atomic mass is 9.78. The first-order valence-electron chi connectivity index (χ1n) is 8.60. The maximum atomic E-state index is 12.5. The number of anilines is 1. The fourth-order valence-electron chi connectivity index (χ4n) is 3.22. The van der Waals surface area contributed by atoms with Crippen molar-refractivity contribution in [2.24, 2.45) is 11.8 Å². The van der Waals surface area contributed by atoms with Crippen LogP contribution in [0.2, 0.25) is 5.02 Å². The van der Waals surface area contributed by atoms with E-state index >= 15 is 0 Å². The summed E-state index contributed by atoms with van der Waals surface area (Å²) in [7, 11) is 0. The molecule has 0 radical (unpaired) electrons. The lowest BCUT2D eigenvalue weighted by Gasteiger charge is -2.27. The summed E-state index contributed by atoms with van der Waals surface area (Å²) in [5, 5.41) is 12.8. The third-order valence-corrected chi connectivity index (χ3v) is 4.84. The molecular weight excluding hydrogens is 354 g/mol. The first-order chi connectivity index (χ1) is 12.5. The molecule has 0 unspecified atom stereocenters. The maximum absolute atomic E-state index is 12.5. The highest BCUT2D eigenvalue weighted by atomic mass is 35.5. The second kappa shape index (κ2) is 8.23. The van der Waals surface area contributed by atoms with Crippen molar-refractivity contribution in [3.8, 4) is 11.5 Å². The van der Waals surface area contributed by atoms with Crippen LogP contribution in [0.4, 0.5) is 5.69 Å². The number of rotatable bonds is 5. The van der Waals surface area contributed by atoms with Crippen LogP contribution in [0, 0.1) is 11.8 Å². The van der Waals surface area contributed by atoms with Crippen molar-refractivity contribution < 1.29 is 19.4 Å². The van der Waals surface area contributed by atoms with Gasteiger partial charge in [0.15, 0.2) is 0 Å². The van der Waals surface area contributed by atoms with Crippen molar-refractivity contribution in [2.75, 3.05) is 5.32 Å². The molecule has 0 saturated heterocycles. The van der Waals surface area contributed by atoms with Crippen LogP contribution in [0.15, 0.2) is 48.5 Å². The van der Waals surface area contributed by atoms with Gasteiger partial charge in [0.25, 0.3) is 0 Å². The summed E-state index contributed by atoms with van der Waals surface area (Å²) in [4.78, 5) is 23.8. The predicted octanol–water partition coefficient (Wildman–Crippen LogP) is 4.96. The number of nitrogens with one attached hydrogen (secondary N) is 1. The minimum atomic E-state index is -0.892. The summed E-state index contributed by atoms with van der Waals surface area (Å²) in [5.41, 5.74) is 0.619. The van der Waals surface area contributed by atoms with E-state index in [0.29, 0.717) is 35.1 Å². The zero-order chi connectivity index (χ0) is 18.5. The molecule has 1 aliphatic carbocycles. The molecule has 1 amide bonds. The number of carboxylic acid groups (broad SMARTS) is 1. The van der Waals surface area contributed by atoms with Gasteiger partial charge < -0.3 is 15.2 Å². The van der Waals surface area contributed by atoms with Gasteiger partial charge in [0, 0.05) is 10.7 Å². The standard InChI is InChI=1S/C20H20ClNO4/c21-13-5-9-15(10-6-13)26-16-11-7-14(8-12-16)22-19(23)17-3-1-2-4-18(17)20(24)25/h5-12,17-18H,1-4H2,(H,22,23)(H,24,25)/t17-,18+/m1/s1. The van der Waals surface area contributed by atoms with Gasteiger partial charge in [-0.3, -0.25) is 9.59 Å². The highest BCUT2D eigenvalue weighted by molar-refractivity contribution is 6.30. The van der Waals surface area contributed by atoms with Crippen LogP contribution in [0.3, 0.4) is 0 Å². The zero-order valence-corrected chi connectivity index (χ0v) is 14.9. The molecule has 136 valence electrons. The van der Waals surface area contributed by atoms with E-state index in [2.05, 4.69) is 5.32 Å². The summed E-state index contributed by atoms with van der Waals surface area (Å²) in [6.07, 6.45) is 2.91. The fourth-order valence-corrected chi connectivity index (χ4v) is 3.35. The molecule has 5 nitrogen and oxygen atoms in total. The van der Waals surface area contributed by atoms with Gasteiger partial charge >= 0.3 is 5.97 Å². The van der Waals surface area contributed by atoms with Gasteiger partial charge in [0.05, 0.1) is 11.8 Å². The molecule has 26 heavy (non-hydrogen) atoms. The van der Waals surface area contributed by atoms with E-state index in [0.717, 1.165) is 12.8 Å². The highest BCUT2D eigenvalue weighted by Gasteiger charge is 2.35. The molecule has 1 saturated carbocycles. The molecule has 0 aliphatic heterocycles. The second-order valence-electron chi connectivity index (χ2n) is 6.41. The highest BCUT2D eigenvalue weighted by Crippen LogP contribution is 2.31. The largest absolute Gasteiger partial charge is 0.481 e.